The molecule has 9 heteroatoms. The Labute approximate surface area is 186 Å². The number of H-pyrrole nitrogens is 1. The van der Waals surface area contributed by atoms with E-state index in [1.54, 1.807) is 41.0 Å². The first-order chi connectivity index (χ1) is 15.4. The molecule has 4 heterocycles. The number of benzene rings is 1. The van der Waals surface area contributed by atoms with Gasteiger partial charge in [0.1, 0.15) is 5.65 Å². The minimum Gasteiger partial charge on any atom is -0.444 e. The van der Waals surface area contributed by atoms with Gasteiger partial charge in [-0.3, -0.25) is 0 Å². The summed E-state index contributed by atoms with van der Waals surface area (Å²) in [7, 11) is -1.58. The van der Waals surface area contributed by atoms with Crippen molar-refractivity contribution in [1.82, 2.24) is 19.3 Å². The van der Waals surface area contributed by atoms with Crippen molar-refractivity contribution in [2.45, 2.75) is 24.3 Å². The molecule has 1 aliphatic rings. The van der Waals surface area contributed by atoms with Crippen LogP contribution in [0.4, 0.5) is 5.69 Å². The Morgan fingerprint density at radius 1 is 1.19 bits per heavy atom. The molecule has 1 fully saturated rings. The molecule has 0 spiro atoms. The van der Waals surface area contributed by atoms with Crippen LogP contribution in [0.5, 0.6) is 0 Å². The highest BCUT2D eigenvalue weighted by Crippen LogP contribution is 2.32. The zero-order chi connectivity index (χ0) is 22.3. The van der Waals surface area contributed by atoms with Crippen molar-refractivity contribution in [3.63, 3.8) is 0 Å². The van der Waals surface area contributed by atoms with Gasteiger partial charge in [0.25, 0.3) is 0 Å². The number of aromatic nitrogens is 3. The van der Waals surface area contributed by atoms with E-state index in [9.17, 15) is 8.42 Å². The van der Waals surface area contributed by atoms with Crippen LogP contribution in [0.15, 0.2) is 70.7 Å². The molecule has 0 amide bonds. The molecule has 5 rings (SSSR count). The molecule has 1 N–H and O–H groups in total. The SMILES string of the molecule is C[C@@H]1CCN(S(=O)(=O)c2ccc(-c3cnco3)cc2)C[C@@H]1N(C)c1ccnc2[nH]ccc12. The highest BCUT2D eigenvalue weighted by Gasteiger charge is 2.36. The molecule has 3 aromatic heterocycles. The molecule has 0 bridgehead atoms. The lowest BCUT2D eigenvalue weighted by atomic mass is 9.93. The number of sulfonamides is 1. The summed E-state index contributed by atoms with van der Waals surface area (Å²) in [5.41, 5.74) is 2.66. The fourth-order valence-electron chi connectivity index (χ4n) is 4.47. The van der Waals surface area contributed by atoms with E-state index in [4.69, 9.17) is 4.42 Å². The van der Waals surface area contributed by atoms with Crippen molar-refractivity contribution >= 4 is 26.7 Å². The van der Waals surface area contributed by atoms with Gasteiger partial charge in [0.05, 0.1) is 11.1 Å². The summed E-state index contributed by atoms with van der Waals surface area (Å²) in [6, 6.07) is 10.8. The summed E-state index contributed by atoms with van der Waals surface area (Å²) < 4.78 is 33.7. The number of aromatic amines is 1. The van der Waals surface area contributed by atoms with Crippen LogP contribution in [-0.2, 0) is 10.0 Å². The van der Waals surface area contributed by atoms with Gasteiger partial charge in [-0.05, 0) is 48.7 Å². The Kier molecular flexibility index (Phi) is 5.22. The lowest BCUT2D eigenvalue weighted by Crippen LogP contribution is -2.52. The van der Waals surface area contributed by atoms with Gasteiger partial charge in [-0.1, -0.05) is 6.92 Å². The summed E-state index contributed by atoms with van der Waals surface area (Å²) in [6.45, 7) is 3.12. The van der Waals surface area contributed by atoms with Gasteiger partial charge in [-0.2, -0.15) is 4.31 Å². The Balaban J connectivity index is 1.40. The van der Waals surface area contributed by atoms with E-state index in [0.717, 1.165) is 28.7 Å². The maximum absolute atomic E-state index is 13.4. The number of rotatable bonds is 5. The van der Waals surface area contributed by atoms with Gasteiger partial charge in [0.2, 0.25) is 10.0 Å². The molecule has 1 aromatic carbocycles. The van der Waals surface area contributed by atoms with Gasteiger partial charge in [0, 0.05) is 55.2 Å². The lowest BCUT2D eigenvalue weighted by Gasteiger charge is -2.42. The Morgan fingerprint density at radius 2 is 2.00 bits per heavy atom. The number of piperidine rings is 1. The first-order valence-electron chi connectivity index (χ1n) is 10.6. The summed E-state index contributed by atoms with van der Waals surface area (Å²) in [4.78, 5) is 13.9. The smallest absolute Gasteiger partial charge is 0.243 e. The molecule has 166 valence electrons. The number of nitrogens with zero attached hydrogens (tertiary/aromatic N) is 4. The lowest BCUT2D eigenvalue weighted by molar-refractivity contribution is 0.248. The quantitative estimate of drug-likeness (QED) is 0.497. The second-order valence-corrected chi connectivity index (χ2v) is 10.2. The molecular formula is C23H25N5O3S. The van der Waals surface area contributed by atoms with Crippen molar-refractivity contribution in [3.8, 4) is 11.3 Å². The van der Waals surface area contributed by atoms with E-state index < -0.39 is 10.0 Å². The molecule has 32 heavy (non-hydrogen) atoms. The van der Waals surface area contributed by atoms with E-state index in [1.807, 2.05) is 25.4 Å². The molecule has 0 unspecified atom stereocenters. The molecule has 0 saturated carbocycles. The van der Waals surface area contributed by atoms with Gasteiger partial charge in [0.15, 0.2) is 12.2 Å². The number of fused-ring (bicyclic) bond motifs is 1. The number of hydrogen-bond acceptors (Lipinski definition) is 6. The second-order valence-electron chi connectivity index (χ2n) is 8.27. The van der Waals surface area contributed by atoms with E-state index >= 15 is 0 Å². The standard InChI is InChI=1S/C23H25N5O3S/c1-16-9-12-28(14-21(16)27(2)20-8-11-26-23-19(20)7-10-25-23)32(29,30)18-5-3-17(4-6-18)22-13-24-15-31-22/h3-8,10-11,13,15-16,21H,9,12,14H2,1-2H3,(H,25,26)/t16-,21+/m1/s1. The number of hydrogen-bond donors (Lipinski definition) is 1. The minimum absolute atomic E-state index is 0.0486. The molecule has 1 saturated heterocycles. The number of pyridine rings is 1. The first-order valence-corrected chi connectivity index (χ1v) is 12.0. The zero-order valence-corrected chi connectivity index (χ0v) is 18.8. The van der Waals surface area contributed by atoms with E-state index in [2.05, 4.69) is 26.8 Å². The van der Waals surface area contributed by atoms with Crippen LogP contribution in [0.25, 0.3) is 22.4 Å². The molecular weight excluding hydrogens is 426 g/mol. The highest BCUT2D eigenvalue weighted by atomic mass is 32.2. The maximum Gasteiger partial charge on any atom is 0.243 e. The van der Waals surface area contributed by atoms with Gasteiger partial charge >= 0.3 is 0 Å². The normalized spacial score (nSPS) is 19.9. The average molecular weight is 452 g/mol. The van der Waals surface area contributed by atoms with Gasteiger partial charge in [-0.25, -0.2) is 18.4 Å². The van der Waals surface area contributed by atoms with E-state index in [-0.39, 0.29) is 10.9 Å². The molecule has 0 radical (unpaired) electrons. The van der Waals surface area contributed by atoms with Crippen LogP contribution >= 0.6 is 0 Å². The van der Waals surface area contributed by atoms with Gasteiger partial charge < -0.3 is 14.3 Å². The predicted molar refractivity (Wildman–Crippen MR) is 123 cm³/mol. The molecule has 2 atom stereocenters. The monoisotopic (exact) mass is 451 g/mol. The Hall–Kier alpha value is -3.17. The Morgan fingerprint density at radius 3 is 2.75 bits per heavy atom. The minimum atomic E-state index is -3.61. The number of nitrogens with one attached hydrogen (secondary N) is 1. The maximum atomic E-state index is 13.4. The van der Waals surface area contributed by atoms with Crippen LogP contribution in [0.2, 0.25) is 0 Å². The molecule has 0 aliphatic carbocycles. The molecule has 8 nitrogen and oxygen atoms in total. The number of likely N-dealkylation sites (N-methyl/N-ethyl adjacent to an activating group) is 1. The highest BCUT2D eigenvalue weighted by molar-refractivity contribution is 7.89. The van der Waals surface area contributed by atoms with Crippen LogP contribution in [0, 0.1) is 5.92 Å². The summed E-state index contributed by atoms with van der Waals surface area (Å²) >= 11 is 0. The van der Waals surface area contributed by atoms with E-state index in [1.165, 1.54) is 6.39 Å². The zero-order valence-electron chi connectivity index (χ0n) is 18.0. The van der Waals surface area contributed by atoms with Crippen LogP contribution in [-0.4, -0.2) is 53.9 Å². The molecule has 4 aromatic rings. The van der Waals surface area contributed by atoms with Gasteiger partial charge in [-0.15, -0.1) is 0 Å². The third-order valence-electron chi connectivity index (χ3n) is 6.40. The number of anilines is 1. The molecule has 1 aliphatic heterocycles. The average Bonchev–Trinajstić information content (AvgIpc) is 3.51. The van der Waals surface area contributed by atoms with Crippen molar-refractivity contribution in [1.29, 1.82) is 0 Å². The fraction of sp³-hybridized carbons (Fsp3) is 0.304. The number of oxazole rings is 1. The van der Waals surface area contributed by atoms with Crippen molar-refractivity contribution in [2.24, 2.45) is 5.92 Å². The largest absolute Gasteiger partial charge is 0.444 e. The first kappa shape index (κ1) is 20.7. The summed E-state index contributed by atoms with van der Waals surface area (Å²) in [5, 5.41) is 1.03. The van der Waals surface area contributed by atoms with Crippen LogP contribution in [0.3, 0.4) is 0 Å². The summed E-state index contributed by atoms with van der Waals surface area (Å²) in [6.07, 6.45) is 7.42. The third-order valence-corrected chi connectivity index (χ3v) is 8.28. The Bertz CT molecular complexity index is 1320. The predicted octanol–water partition coefficient (Wildman–Crippen LogP) is 3.75. The van der Waals surface area contributed by atoms with Crippen molar-refractivity contribution in [2.75, 3.05) is 25.0 Å². The van der Waals surface area contributed by atoms with Crippen LogP contribution in [0.1, 0.15) is 13.3 Å². The summed E-state index contributed by atoms with van der Waals surface area (Å²) in [5.74, 6) is 0.957. The topological polar surface area (TPSA) is 95.3 Å². The van der Waals surface area contributed by atoms with Crippen molar-refractivity contribution < 1.29 is 12.8 Å². The van der Waals surface area contributed by atoms with Crippen molar-refractivity contribution in [3.05, 3.63) is 61.4 Å². The van der Waals surface area contributed by atoms with E-state index in [0.29, 0.717) is 24.8 Å². The van der Waals surface area contributed by atoms with Crippen LogP contribution < -0.4 is 4.90 Å². The second kappa shape index (κ2) is 8.07. The third kappa shape index (κ3) is 3.57. The fourth-order valence-corrected chi connectivity index (χ4v) is 5.95.